The lowest BCUT2D eigenvalue weighted by molar-refractivity contribution is -0.384. The zero-order chi connectivity index (χ0) is 20.8. The zero-order valence-corrected chi connectivity index (χ0v) is 16.8. The van der Waals surface area contributed by atoms with Crippen LogP contribution in [0.25, 0.3) is 0 Å². The van der Waals surface area contributed by atoms with Gasteiger partial charge in [-0.1, -0.05) is 11.2 Å². The number of benzene rings is 1. The SMILES string of the molecule is Cc1ccc([N+](=O)[O-])c(NC(=O)COC(=O)CSCc2c(C)noc2C)c1C. The monoisotopic (exact) mass is 407 g/mol. The summed E-state index contributed by atoms with van der Waals surface area (Å²) in [4.78, 5) is 34.5. The Balaban J connectivity index is 1.85. The van der Waals surface area contributed by atoms with E-state index in [0.29, 0.717) is 17.1 Å². The van der Waals surface area contributed by atoms with Crippen LogP contribution in [0.1, 0.15) is 28.1 Å². The number of aromatic nitrogens is 1. The number of carbonyl (C=O) groups excluding carboxylic acids is 2. The molecular weight excluding hydrogens is 386 g/mol. The summed E-state index contributed by atoms with van der Waals surface area (Å²) in [5.41, 5.74) is 2.99. The molecule has 2 rings (SSSR count). The summed E-state index contributed by atoms with van der Waals surface area (Å²) in [6.07, 6.45) is 0. The number of carbonyl (C=O) groups is 2. The van der Waals surface area contributed by atoms with Gasteiger partial charge in [-0.2, -0.15) is 0 Å². The minimum absolute atomic E-state index is 0.0565. The second-order valence-corrected chi connectivity index (χ2v) is 7.15. The van der Waals surface area contributed by atoms with Gasteiger partial charge in [-0.25, -0.2) is 0 Å². The maximum absolute atomic E-state index is 12.1. The van der Waals surface area contributed by atoms with Crippen LogP contribution >= 0.6 is 11.8 Å². The fourth-order valence-electron chi connectivity index (χ4n) is 2.42. The molecule has 0 bridgehead atoms. The molecule has 150 valence electrons. The third-order valence-corrected chi connectivity index (χ3v) is 5.12. The summed E-state index contributed by atoms with van der Waals surface area (Å²) in [7, 11) is 0. The van der Waals surface area contributed by atoms with Crippen molar-refractivity contribution in [3.63, 3.8) is 0 Å². The predicted molar refractivity (Wildman–Crippen MR) is 104 cm³/mol. The highest BCUT2D eigenvalue weighted by Gasteiger charge is 2.20. The molecule has 2 aromatic rings. The Labute approximate surface area is 166 Å². The Kier molecular flexibility index (Phi) is 7.16. The van der Waals surface area contributed by atoms with E-state index in [1.807, 2.05) is 6.92 Å². The number of hydrogen-bond donors (Lipinski definition) is 1. The van der Waals surface area contributed by atoms with Crippen LogP contribution in [0.15, 0.2) is 16.7 Å². The van der Waals surface area contributed by atoms with Crippen molar-refractivity contribution in [3.05, 3.63) is 50.4 Å². The Bertz CT molecular complexity index is 889. The highest BCUT2D eigenvalue weighted by Crippen LogP contribution is 2.30. The molecule has 1 amide bonds. The maximum atomic E-state index is 12.1. The number of anilines is 1. The number of aryl methyl sites for hydroxylation is 3. The summed E-state index contributed by atoms with van der Waals surface area (Å²) in [6, 6.07) is 2.94. The van der Waals surface area contributed by atoms with E-state index in [9.17, 15) is 19.7 Å². The molecule has 0 spiro atoms. The van der Waals surface area contributed by atoms with Gasteiger partial charge in [0.1, 0.15) is 11.4 Å². The lowest BCUT2D eigenvalue weighted by Crippen LogP contribution is -2.22. The van der Waals surface area contributed by atoms with Crippen LogP contribution in [-0.4, -0.2) is 34.3 Å². The number of nitro groups is 1. The van der Waals surface area contributed by atoms with Crippen LogP contribution in [0, 0.1) is 37.8 Å². The van der Waals surface area contributed by atoms with E-state index in [2.05, 4.69) is 10.5 Å². The van der Waals surface area contributed by atoms with Crippen molar-refractivity contribution in [1.82, 2.24) is 5.16 Å². The standard InChI is InChI=1S/C18H21N3O6S/c1-10-5-6-15(21(24)25)18(11(10)2)19-16(22)7-26-17(23)9-28-8-14-12(3)20-27-13(14)4/h5-6H,7-9H2,1-4H3,(H,19,22). The van der Waals surface area contributed by atoms with Gasteiger partial charge in [-0.05, 0) is 38.8 Å². The quantitative estimate of drug-likeness (QED) is 0.402. The Hall–Kier alpha value is -2.88. The van der Waals surface area contributed by atoms with E-state index in [1.165, 1.54) is 17.8 Å². The highest BCUT2D eigenvalue weighted by molar-refractivity contribution is 7.99. The van der Waals surface area contributed by atoms with Gasteiger partial charge < -0.3 is 14.6 Å². The molecule has 0 fully saturated rings. The number of nitrogens with one attached hydrogen (secondary N) is 1. The smallest absolute Gasteiger partial charge is 0.316 e. The highest BCUT2D eigenvalue weighted by atomic mass is 32.2. The van der Waals surface area contributed by atoms with E-state index in [-0.39, 0.29) is 17.1 Å². The first-order valence-electron chi connectivity index (χ1n) is 8.40. The summed E-state index contributed by atoms with van der Waals surface area (Å²) in [6.45, 7) is 6.56. The van der Waals surface area contributed by atoms with Crippen molar-refractivity contribution >= 4 is 35.0 Å². The van der Waals surface area contributed by atoms with Gasteiger partial charge >= 0.3 is 5.97 Å². The van der Waals surface area contributed by atoms with Gasteiger partial charge in [0.25, 0.3) is 11.6 Å². The minimum Gasteiger partial charge on any atom is -0.455 e. The van der Waals surface area contributed by atoms with E-state index in [4.69, 9.17) is 9.26 Å². The van der Waals surface area contributed by atoms with Crippen LogP contribution in [-0.2, 0) is 20.1 Å². The molecule has 0 atom stereocenters. The Morgan fingerprint density at radius 1 is 1.29 bits per heavy atom. The number of esters is 1. The lowest BCUT2D eigenvalue weighted by atomic mass is 10.1. The molecule has 0 aliphatic heterocycles. The first-order chi connectivity index (χ1) is 13.2. The average Bonchev–Trinajstić information content (AvgIpc) is 2.95. The van der Waals surface area contributed by atoms with Gasteiger partial charge in [-0.3, -0.25) is 19.7 Å². The van der Waals surface area contributed by atoms with Gasteiger partial charge in [0.15, 0.2) is 6.61 Å². The van der Waals surface area contributed by atoms with Crippen LogP contribution in [0.3, 0.4) is 0 Å². The van der Waals surface area contributed by atoms with Gasteiger partial charge in [-0.15, -0.1) is 11.8 Å². The van der Waals surface area contributed by atoms with Crippen molar-refractivity contribution in [2.75, 3.05) is 17.7 Å². The molecular formula is C18H21N3O6S. The number of hydrogen-bond acceptors (Lipinski definition) is 8. The molecule has 1 aromatic heterocycles. The van der Waals surface area contributed by atoms with Gasteiger partial charge in [0.05, 0.1) is 16.4 Å². The van der Waals surface area contributed by atoms with Gasteiger partial charge in [0.2, 0.25) is 0 Å². The lowest BCUT2D eigenvalue weighted by Gasteiger charge is -2.11. The normalized spacial score (nSPS) is 10.6. The number of nitro benzene ring substituents is 1. The van der Waals surface area contributed by atoms with Crippen molar-refractivity contribution < 1.29 is 23.8 Å². The fraction of sp³-hybridized carbons (Fsp3) is 0.389. The summed E-state index contributed by atoms with van der Waals surface area (Å²) < 4.78 is 10.00. The van der Waals surface area contributed by atoms with Crippen LogP contribution in [0.5, 0.6) is 0 Å². The largest absolute Gasteiger partial charge is 0.455 e. The topological polar surface area (TPSA) is 125 Å². The Morgan fingerprint density at radius 2 is 2.00 bits per heavy atom. The third-order valence-electron chi connectivity index (χ3n) is 4.19. The number of nitrogens with zero attached hydrogens (tertiary/aromatic N) is 2. The van der Waals surface area contributed by atoms with E-state index >= 15 is 0 Å². The van der Waals surface area contributed by atoms with Crippen molar-refractivity contribution in [2.24, 2.45) is 0 Å². The zero-order valence-electron chi connectivity index (χ0n) is 16.0. The second kappa shape index (κ2) is 9.36. The molecule has 0 radical (unpaired) electrons. The van der Waals surface area contributed by atoms with E-state index in [1.54, 1.807) is 26.8 Å². The molecule has 10 heteroatoms. The van der Waals surface area contributed by atoms with Crippen LogP contribution in [0.4, 0.5) is 11.4 Å². The van der Waals surface area contributed by atoms with Crippen LogP contribution < -0.4 is 5.32 Å². The molecule has 0 saturated carbocycles. The molecule has 0 unspecified atom stereocenters. The number of thioether (sulfide) groups is 1. The van der Waals surface area contributed by atoms with Crippen molar-refractivity contribution in [1.29, 1.82) is 0 Å². The summed E-state index contributed by atoms with van der Waals surface area (Å²) in [5.74, 6) is 0.106. The first-order valence-corrected chi connectivity index (χ1v) is 9.55. The van der Waals surface area contributed by atoms with E-state index in [0.717, 1.165) is 16.8 Å². The third kappa shape index (κ3) is 5.32. The molecule has 1 aromatic carbocycles. The van der Waals surface area contributed by atoms with Crippen LogP contribution in [0.2, 0.25) is 0 Å². The Morgan fingerprint density at radius 3 is 2.61 bits per heavy atom. The molecule has 1 N–H and O–H groups in total. The fourth-order valence-corrected chi connectivity index (χ4v) is 3.39. The molecule has 28 heavy (non-hydrogen) atoms. The predicted octanol–water partition coefficient (Wildman–Crippen LogP) is 3.23. The summed E-state index contributed by atoms with van der Waals surface area (Å²) in [5, 5.41) is 17.5. The summed E-state index contributed by atoms with van der Waals surface area (Å²) >= 11 is 1.32. The van der Waals surface area contributed by atoms with E-state index < -0.39 is 23.4 Å². The second-order valence-electron chi connectivity index (χ2n) is 6.16. The molecule has 1 heterocycles. The van der Waals surface area contributed by atoms with Crippen molar-refractivity contribution in [3.8, 4) is 0 Å². The van der Waals surface area contributed by atoms with Gasteiger partial charge in [0, 0.05) is 17.4 Å². The van der Waals surface area contributed by atoms with Crippen molar-refractivity contribution in [2.45, 2.75) is 33.4 Å². The molecule has 0 saturated heterocycles. The maximum Gasteiger partial charge on any atom is 0.316 e. The molecule has 0 aliphatic carbocycles. The first kappa shape index (κ1) is 21.4. The molecule has 0 aliphatic rings. The minimum atomic E-state index is -0.638. The number of rotatable bonds is 8. The average molecular weight is 407 g/mol. The number of amides is 1. The number of ether oxygens (including phenoxy) is 1. The molecule has 9 nitrogen and oxygen atoms in total.